The number of benzene rings is 1. The highest BCUT2D eigenvalue weighted by Gasteiger charge is 2.42. The number of halogens is 1. The highest BCUT2D eigenvalue weighted by atomic mass is 35.5. The Labute approximate surface area is 174 Å². The van der Waals surface area contributed by atoms with Gasteiger partial charge in [0.1, 0.15) is 5.03 Å². The lowest BCUT2D eigenvalue weighted by atomic mass is 9.96. The molecule has 152 valence electrons. The van der Waals surface area contributed by atoms with Gasteiger partial charge in [0.05, 0.1) is 5.57 Å². The van der Waals surface area contributed by atoms with Gasteiger partial charge >= 0.3 is 0 Å². The first-order valence-electron chi connectivity index (χ1n) is 10.9. The molecule has 0 radical (unpaired) electrons. The van der Waals surface area contributed by atoms with Gasteiger partial charge in [-0.1, -0.05) is 93.2 Å². The number of carbonyl (C=O) groups is 2. The molecule has 28 heavy (non-hydrogen) atoms. The molecule has 1 aliphatic heterocycles. The fraction of sp³-hybridized carbons (Fsp3) is 0.583. The molecule has 1 saturated carbocycles. The summed E-state index contributed by atoms with van der Waals surface area (Å²) in [7, 11) is 0. The smallest absolute Gasteiger partial charge is 0.270 e. The molecule has 0 bridgehead atoms. The van der Waals surface area contributed by atoms with Crippen molar-refractivity contribution in [3.8, 4) is 0 Å². The molecule has 0 aromatic heterocycles. The van der Waals surface area contributed by atoms with E-state index in [2.05, 4.69) is 0 Å². The second-order valence-electron chi connectivity index (χ2n) is 8.40. The number of imide groups is 1. The second kappa shape index (κ2) is 9.73. The average Bonchev–Trinajstić information content (AvgIpc) is 2.86. The van der Waals surface area contributed by atoms with E-state index in [4.69, 9.17) is 11.6 Å². The van der Waals surface area contributed by atoms with Crippen molar-refractivity contribution in [1.29, 1.82) is 0 Å². The molecule has 0 unspecified atom stereocenters. The van der Waals surface area contributed by atoms with Crippen LogP contribution in [0.1, 0.15) is 87.3 Å². The van der Waals surface area contributed by atoms with Crippen molar-refractivity contribution >= 4 is 29.0 Å². The molecule has 0 spiro atoms. The Hall–Kier alpha value is -1.61. The van der Waals surface area contributed by atoms with Gasteiger partial charge in [-0.3, -0.25) is 14.5 Å². The number of hydrogen-bond donors (Lipinski definition) is 0. The maximum Gasteiger partial charge on any atom is 0.273 e. The fourth-order valence-corrected chi connectivity index (χ4v) is 4.85. The number of carbonyl (C=O) groups excluding carboxylic acids is 2. The molecule has 2 amide bonds. The van der Waals surface area contributed by atoms with Crippen molar-refractivity contribution < 1.29 is 9.59 Å². The van der Waals surface area contributed by atoms with E-state index in [-0.39, 0.29) is 22.9 Å². The van der Waals surface area contributed by atoms with Crippen LogP contribution in [0.4, 0.5) is 0 Å². The first-order valence-corrected chi connectivity index (χ1v) is 11.2. The van der Waals surface area contributed by atoms with Gasteiger partial charge in [-0.05, 0) is 37.8 Å². The van der Waals surface area contributed by atoms with E-state index in [0.717, 1.165) is 42.4 Å². The second-order valence-corrected chi connectivity index (χ2v) is 8.78. The Morgan fingerprint density at radius 1 is 0.821 bits per heavy atom. The highest BCUT2D eigenvalue weighted by Crippen LogP contribution is 2.36. The summed E-state index contributed by atoms with van der Waals surface area (Å²) in [4.78, 5) is 27.7. The first-order chi connectivity index (χ1) is 13.5. The maximum atomic E-state index is 13.3. The third-order valence-corrected chi connectivity index (χ3v) is 6.50. The van der Waals surface area contributed by atoms with E-state index in [0.29, 0.717) is 5.57 Å². The van der Waals surface area contributed by atoms with Gasteiger partial charge in [0.25, 0.3) is 11.8 Å². The lowest BCUT2D eigenvalue weighted by Crippen LogP contribution is -2.41. The fourth-order valence-electron chi connectivity index (χ4n) is 4.58. The van der Waals surface area contributed by atoms with Crippen LogP contribution in [0.15, 0.2) is 23.2 Å². The van der Waals surface area contributed by atoms with Crippen molar-refractivity contribution in [2.45, 2.75) is 90.5 Å². The van der Waals surface area contributed by atoms with Gasteiger partial charge < -0.3 is 0 Å². The minimum Gasteiger partial charge on any atom is -0.270 e. The summed E-state index contributed by atoms with van der Waals surface area (Å²) >= 11 is 6.43. The van der Waals surface area contributed by atoms with Crippen LogP contribution in [-0.4, -0.2) is 22.8 Å². The Morgan fingerprint density at radius 3 is 1.89 bits per heavy atom. The summed E-state index contributed by atoms with van der Waals surface area (Å²) in [6, 6.07) is 5.88. The predicted octanol–water partition coefficient (Wildman–Crippen LogP) is 6.30. The molecule has 3 rings (SSSR count). The largest absolute Gasteiger partial charge is 0.273 e. The Balaban J connectivity index is 1.81. The SMILES string of the molecule is Cc1ccc(C2=C(Cl)C(=O)N(C3CCCCCCCCCCC3)C2=O)c(C)c1. The van der Waals surface area contributed by atoms with Crippen LogP contribution in [0.5, 0.6) is 0 Å². The van der Waals surface area contributed by atoms with Crippen molar-refractivity contribution in [3.63, 3.8) is 0 Å². The van der Waals surface area contributed by atoms with E-state index in [1.807, 2.05) is 32.0 Å². The quantitative estimate of drug-likeness (QED) is 0.545. The monoisotopic (exact) mass is 401 g/mol. The maximum absolute atomic E-state index is 13.3. The molecule has 0 saturated heterocycles. The average molecular weight is 402 g/mol. The molecule has 1 aliphatic carbocycles. The summed E-state index contributed by atoms with van der Waals surface area (Å²) in [6.07, 6.45) is 12.7. The molecule has 0 atom stereocenters. The molecule has 1 fully saturated rings. The molecule has 1 aromatic rings. The lowest BCUT2D eigenvalue weighted by molar-refractivity contribution is -0.139. The van der Waals surface area contributed by atoms with Crippen LogP contribution in [0.2, 0.25) is 0 Å². The van der Waals surface area contributed by atoms with E-state index in [1.165, 1.54) is 49.8 Å². The zero-order valence-corrected chi connectivity index (χ0v) is 18.0. The third-order valence-electron chi connectivity index (χ3n) is 6.15. The molecule has 1 heterocycles. The van der Waals surface area contributed by atoms with Gasteiger partial charge in [0.2, 0.25) is 0 Å². The van der Waals surface area contributed by atoms with Crippen LogP contribution in [0.25, 0.3) is 5.57 Å². The lowest BCUT2D eigenvalue weighted by Gasteiger charge is -2.27. The summed E-state index contributed by atoms with van der Waals surface area (Å²) in [5, 5.41) is 0.0862. The van der Waals surface area contributed by atoms with Gasteiger partial charge in [-0.15, -0.1) is 0 Å². The standard InChI is InChI=1S/C24H32ClNO2/c1-17-14-15-20(18(2)16-17)21-22(25)24(28)26(23(21)27)19-12-10-8-6-4-3-5-7-9-11-13-19/h14-16,19H,3-13H2,1-2H3. The number of amides is 2. The minimum absolute atomic E-state index is 0.0311. The molecule has 2 aliphatic rings. The molecular formula is C24H32ClNO2. The van der Waals surface area contributed by atoms with E-state index in [9.17, 15) is 9.59 Å². The van der Waals surface area contributed by atoms with Crippen molar-refractivity contribution in [2.75, 3.05) is 0 Å². The normalized spacial score (nSPS) is 21.0. The number of rotatable bonds is 2. The van der Waals surface area contributed by atoms with E-state index in [1.54, 1.807) is 0 Å². The van der Waals surface area contributed by atoms with E-state index < -0.39 is 0 Å². The zero-order chi connectivity index (χ0) is 20.1. The molecule has 1 aromatic carbocycles. The topological polar surface area (TPSA) is 37.4 Å². The third kappa shape index (κ3) is 4.68. The molecule has 3 nitrogen and oxygen atoms in total. The highest BCUT2D eigenvalue weighted by molar-refractivity contribution is 6.55. The van der Waals surface area contributed by atoms with Crippen LogP contribution in [-0.2, 0) is 9.59 Å². The summed E-state index contributed by atoms with van der Waals surface area (Å²) in [5.74, 6) is -0.516. The van der Waals surface area contributed by atoms with Crippen LogP contribution in [0, 0.1) is 13.8 Å². The van der Waals surface area contributed by atoms with Crippen LogP contribution >= 0.6 is 11.6 Å². The summed E-state index contributed by atoms with van der Waals surface area (Å²) in [6.45, 7) is 3.99. The molecular weight excluding hydrogens is 370 g/mol. The summed E-state index contributed by atoms with van der Waals surface area (Å²) in [5.41, 5.74) is 3.28. The Kier molecular flexibility index (Phi) is 7.34. The van der Waals surface area contributed by atoms with E-state index >= 15 is 0 Å². The van der Waals surface area contributed by atoms with Crippen molar-refractivity contribution in [1.82, 2.24) is 4.90 Å². The number of hydrogen-bond acceptors (Lipinski definition) is 2. The van der Waals surface area contributed by atoms with Crippen molar-refractivity contribution in [3.05, 3.63) is 39.9 Å². The first kappa shape index (κ1) is 21.1. The zero-order valence-electron chi connectivity index (χ0n) is 17.2. The number of nitrogens with zero attached hydrogens (tertiary/aromatic N) is 1. The molecule has 0 N–H and O–H groups in total. The van der Waals surface area contributed by atoms with Crippen molar-refractivity contribution in [2.24, 2.45) is 0 Å². The van der Waals surface area contributed by atoms with Gasteiger partial charge in [0.15, 0.2) is 0 Å². The predicted molar refractivity (Wildman–Crippen MR) is 115 cm³/mol. The minimum atomic E-state index is -0.307. The van der Waals surface area contributed by atoms with Crippen LogP contribution < -0.4 is 0 Å². The Morgan fingerprint density at radius 2 is 1.36 bits per heavy atom. The summed E-state index contributed by atoms with van der Waals surface area (Å²) < 4.78 is 0. The van der Waals surface area contributed by atoms with Crippen LogP contribution in [0.3, 0.4) is 0 Å². The number of aryl methyl sites for hydroxylation is 2. The van der Waals surface area contributed by atoms with Gasteiger partial charge in [-0.2, -0.15) is 0 Å². The Bertz CT molecular complexity index is 756. The van der Waals surface area contributed by atoms with Gasteiger partial charge in [0, 0.05) is 6.04 Å². The van der Waals surface area contributed by atoms with Gasteiger partial charge in [-0.25, -0.2) is 0 Å². The molecule has 4 heteroatoms.